The summed E-state index contributed by atoms with van der Waals surface area (Å²) in [6, 6.07) is 0. The Labute approximate surface area is 97.9 Å². The van der Waals surface area contributed by atoms with E-state index in [4.69, 9.17) is 14.6 Å². The lowest BCUT2D eigenvalue weighted by atomic mass is 10.3. The summed E-state index contributed by atoms with van der Waals surface area (Å²) < 4.78 is 11.0. The van der Waals surface area contributed by atoms with E-state index in [0.29, 0.717) is 19.6 Å². The van der Waals surface area contributed by atoms with Crippen molar-refractivity contribution < 1.29 is 19.4 Å². The lowest BCUT2D eigenvalue weighted by Gasteiger charge is -2.17. The zero-order valence-corrected chi connectivity index (χ0v) is 10.4. The van der Waals surface area contributed by atoms with E-state index in [1.165, 1.54) is 0 Å². The SMILES string of the molecule is CCCCOC(CCC(=O)O)OCCCC. The Balaban J connectivity index is 3.71. The molecule has 0 aromatic rings. The quantitative estimate of drug-likeness (QED) is 0.439. The van der Waals surface area contributed by atoms with Gasteiger partial charge >= 0.3 is 5.97 Å². The molecule has 0 fully saturated rings. The molecule has 4 heteroatoms. The fourth-order valence-electron chi connectivity index (χ4n) is 1.17. The van der Waals surface area contributed by atoms with Crippen molar-refractivity contribution in [2.75, 3.05) is 13.2 Å². The second-order valence-corrected chi connectivity index (χ2v) is 3.81. The van der Waals surface area contributed by atoms with E-state index in [-0.39, 0.29) is 12.7 Å². The average Bonchev–Trinajstić information content (AvgIpc) is 2.25. The maximum absolute atomic E-state index is 10.5. The van der Waals surface area contributed by atoms with Crippen molar-refractivity contribution in [1.29, 1.82) is 0 Å². The van der Waals surface area contributed by atoms with Crippen molar-refractivity contribution in [2.45, 2.75) is 58.7 Å². The first kappa shape index (κ1) is 15.4. The van der Waals surface area contributed by atoms with E-state index >= 15 is 0 Å². The molecule has 0 aliphatic heterocycles. The Hall–Kier alpha value is -0.610. The van der Waals surface area contributed by atoms with Gasteiger partial charge < -0.3 is 14.6 Å². The molecule has 0 radical (unpaired) electrons. The van der Waals surface area contributed by atoms with Crippen LogP contribution in [0, 0.1) is 0 Å². The number of ether oxygens (including phenoxy) is 2. The van der Waals surface area contributed by atoms with Crippen LogP contribution < -0.4 is 0 Å². The molecule has 0 amide bonds. The van der Waals surface area contributed by atoms with E-state index < -0.39 is 5.97 Å². The van der Waals surface area contributed by atoms with Crippen LogP contribution in [-0.4, -0.2) is 30.6 Å². The molecule has 0 heterocycles. The lowest BCUT2D eigenvalue weighted by Crippen LogP contribution is -2.20. The summed E-state index contributed by atoms with van der Waals surface area (Å²) in [6.45, 7) is 5.47. The number of carboxylic acids is 1. The molecule has 16 heavy (non-hydrogen) atoms. The van der Waals surface area contributed by atoms with Gasteiger partial charge in [-0.25, -0.2) is 0 Å². The summed E-state index contributed by atoms with van der Waals surface area (Å²) in [5, 5.41) is 8.59. The van der Waals surface area contributed by atoms with Gasteiger partial charge in [-0.2, -0.15) is 0 Å². The van der Waals surface area contributed by atoms with Crippen molar-refractivity contribution in [2.24, 2.45) is 0 Å². The fraction of sp³-hybridized carbons (Fsp3) is 0.917. The summed E-state index contributed by atoms with van der Waals surface area (Å²) in [5.41, 5.74) is 0. The van der Waals surface area contributed by atoms with Gasteiger partial charge in [0.05, 0.1) is 6.42 Å². The molecule has 0 saturated heterocycles. The third-order valence-corrected chi connectivity index (χ3v) is 2.20. The second-order valence-electron chi connectivity index (χ2n) is 3.81. The average molecular weight is 232 g/mol. The number of hydrogen-bond donors (Lipinski definition) is 1. The number of carboxylic acid groups (broad SMARTS) is 1. The minimum atomic E-state index is -0.803. The van der Waals surface area contributed by atoms with Crippen molar-refractivity contribution >= 4 is 5.97 Å². The molecule has 96 valence electrons. The molecule has 0 aliphatic rings. The van der Waals surface area contributed by atoms with Crippen LogP contribution in [0.2, 0.25) is 0 Å². The molecular formula is C12H24O4. The predicted octanol–water partition coefficient (Wildman–Crippen LogP) is 2.81. The van der Waals surface area contributed by atoms with Gasteiger partial charge in [0, 0.05) is 19.6 Å². The molecule has 0 spiro atoms. The van der Waals surface area contributed by atoms with Gasteiger partial charge in [-0.15, -0.1) is 0 Å². The van der Waals surface area contributed by atoms with Crippen molar-refractivity contribution in [3.05, 3.63) is 0 Å². The molecule has 0 saturated carbocycles. The lowest BCUT2D eigenvalue weighted by molar-refractivity contribution is -0.156. The monoisotopic (exact) mass is 232 g/mol. The van der Waals surface area contributed by atoms with Gasteiger partial charge in [0.25, 0.3) is 0 Å². The van der Waals surface area contributed by atoms with E-state index in [9.17, 15) is 4.79 Å². The van der Waals surface area contributed by atoms with E-state index in [0.717, 1.165) is 25.7 Å². The van der Waals surface area contributed by atoms with Crippen LogP contribution >= 0.6 is 0 Å². The van der Waals surface area contributed by atoms with Crippen molar-refractivity contribution in [3.8, 4) is 0 Å². The van der Waals surface area contributed by atoms with Crippen LogP contribution in [0.3, 0.4) is 0 Å². The third-order valence-electron chi connectivity index (χ3n) is 2.20. The van der Waals surface area contributed by atoms with Crippen LogP contribution in [0.15, 0.2) is 0 Å². The fourth-order valence-corrected chi connectivity index (χ4v) is 1.17. The van der Waals surface area contributed by atoms with Gasteiger partial charge in [0.1, 0.15) is 0 Å². The predicted molar refractivity (Wildman–Crippen MR) is 62.4 cm³/mol. The van der Waals surface area contributed by atoms with E-state index in [2.05, 4.69) is 13.8 Å². The maximum atomic E-state index is 10.5. The standard InChI is InChI=1S/C12H24O4/c1-3-5-9-15-12(8-7-11(13)14)16-10-6-4-2/h12H,3-10H2,1-2H3,(H,13,14). The topological polar surface area (TPSA) is 55.8 Å². The number of aliphatic carboxylic acids is 1. The summed E-state index contributed by atoms with van der Waals surface area (Å²) in [7, 11) is 0. The first-order chi connectivity index (χ1) is 7.70. The molecule has 0 unspecified atom stereocenters. The van der Waals surface area contributed by atoms with E-state index in [1.807, 2.05) is 0 Å². The second kappa shape index (κ2) is 10.9. The molecule has 4 nitrogen and oxygen atoms in total. The van der Waals surface area contributed by atoms with Crippen LogP contribution in [0.5, 0.6) is 0 Å². The zero-order valence-electron chi connectivity index (χ0n) is 10.4. The van der Waals surface area contributed by atoms with Crippen molar-refractivity contribution in [3.63, 3.8) is 0 Å². The minimum Gasteiger partial charge on any atom is -0.481 e. The Morgan fingerprint density at radius 3 is 2.00 bits per heavy atom. The highest BCUT2D eigenvalue weighted by Gasteiger charge is 2.11. The number of unbranched alkanes of at least 4 members (excludes halogenated alkanes) is 2. The Morgan fingerprint density at radius 1 is 1.12 bits per heavy atom. The van der Waals surface area contributed by atoms with E-state index in [1.54, 1.807) is 0 Å². The highest BCUT2D eigenvalue weighted by Crippen LogP contribution is 2.07. The molecule has 0 rings (SSSR count). The van der Waals surface area contributed by atoms with Crippen LogP contribution in [0.1, 0.15) is 52.4 Å². The summed E-state index contributed by atoms with van der Waals surface area (Å²) in [6.07, 6.45) is 4.29. The first-order valence-electron chi connectivity index (χ1n) is 6.15. The van der Waals surface area contributed by atoms with Crippen LogP contribution in [0.4, 0.5) is 0 Å². The summed E-state index contributed by atoms with van der Waals surface area (Å²) in [5.74, 6) is -0.803. The molecule has 0 aromatic heterocycles. The summed E-state index contributed by atoms with van der Waals surface area (Å²) >= 11 is 0. The molecule has 0 aliphatic carbocycles. The molecule has 1 N–H and O–H groups in total. The van der Waals surface area contributed by atoms with Gasteiger partial charge in [-0.05, 0) is 12.8 Å². The zero-order chi connectivity index (χ0) is 12.2. The number of carbonyl (C=O) groups is 1. The number of hydrogen-bond acceptors (Lipinski definition) is 3. The van der Waals surface area contributed by atoms with Crippen molar-refractivity contribution in [1.82, 2.24) is 0 Å². The Bertz CT molecular complexity index is 160. The Morgan fingerprint density at radius 2 is 1.62 bits per heavy atom. The largest absolute Gasteiger partial charge is 0.481 e. The van der Waals surface area contributed by atoms with Crippen LogP contribution in [-0.2, 0) is 14.3 Å². The normalized spacial score (nSPS) is 10.9. The van der Waals surface area contributed by atoms with Gasteiger partial charge in [-0.3, -0.25) is 4.79 Å². The van der Waals surface area contributed by atoms with Crippen LogP contribution in [0.25, 0.3) is 0 Å². The van der Waals surface area contributed by atoms with Gasteiger partial charge in [0.2, 0.25) is 0 Å². The summed E-state index contributed by atoms with van der Waals surface area (Å²) in [4.78, 5) is 10.5. The molecule has 0 aromatic carbocycles. The van der Waals surface area contributed by atoms with Gasteiger partial charge in [-0.1, -0.05) is 26.7 Å². The molecule has 0 atom stereocenters. The number of rotatable bonds is 11. The van der Waals surface area contributed by atoms with Gasteiger partial charge in [0.15, 0.2) is 6.29 Å². The molecule has 0 bridgehead atoms. The molecular weight excluding hydrogens is 208 g/mol. The first-order valence-corrected chi connectivity index (χ1v) is 6.15. The highest BCUT2D eigenvalue weighted by molar-refractivity contribution is 5.66. The Kier molecular flexibility index (Phi) is 10.5. The third kappa shape index (κ3) is 9.93. The smallest absolute Gasteiger partial charge is 0.303 e. The highest BCUT2D eigenvalue weighted by atomic mass is 16.7. The minimum absolute atomic E-state index is 0.100. The maximum Gasteiger partial charge on any atom is 0.303 e.